The van der Waals surface area contributed by atoms with Crippen LogP contribution in [0.5, 0.6) is 0 Å². The summed E-state index contributed by atoms with van der Waals surface area (Å²) in [4.78, 5) is 27.3. The zero-order chi connectivity index (χ0) is 18.8. The maximum absolute atomic E-state index is 12.6. The van der Waals surface area contributed by atoms with Crippen LogP contribution >= 0.6 is 35.8 Å². The number of nitrogens with one attached hydrogen (secondary N) is 1. The van der Waals surface area contributed by atoms with Crippen molar-refractivity contribution in [3.05, 3.63) is 29.3 Å². The lowest BCUT2D eigenvalue weighted by Gasteiger charge is -2.36. The minimum Gasteiger partial charge on any atom is -0.354 e. The molecule has 0 saturated carbocycles. The van der Waals surface area contributed by atoms with Crippen LogP contribution < -0.4 is 11.1 Å². The first kappa shape index (κ1) is 24.1. The Morgan fingerprint density at radius 1 is 1.22 bits per heavy atom. The van der Waals surface area contributed by atoms with E-state index in [9.17, 15) is 9.59 Å². The molecule has 1 heterocycles. The van der Waals surface area contributed by atoms with Crippen LogP contribution in [-0.2, 0) is 9.59 Å². The number of carbonyl (C=O) groups excluding carboxylic acids is 2. The van der Waals surface area contributed by atoms with Crippen molar-refractivity contribution in [2.75, 3.05) is 25.4 Å². The lowest BCUT2D eigenvalue weighted by molar-refractivity contribution is -0.135. The van der Waals surface area contributed by atoms with Gasteiger partial charge in [-0.3, -0.25) is 9.59 Å². The number of halogens is 2. The second-order valence-corrected chi connectivity index (χ2v) is 8.09. The molecule has 1 fully saturated rings. The fraction of sp³-hybridized carbons (Fsp3) is 0.579. The van der Waals surface area contributed by atoms with Gasteiger partial charge in [0, 0.05) is 48.4 Å². The van der Waals surface area contributed by atoms with Crippen molar-refractivity contribution in [3.8, 4) is 0 Å². The number of thioether (sulfide) groups is 1. The van der Waals surface area contributed by atoms with E-state index in [1.54, 1.807) is 11.8 Å². The summed E-state index contributed by atoms with van der Waals surface area (Å²) >= 11 is 7.63. The molecule has 0 aliphatic carbocycles. The lowest BCUT2D eigenvalue weighted by atomic mass is 10.0. The molecule has 8 heteroatoms. The molecule has 0 spiro atoms. The largest absolute Gasteiger partial charge is 0.354 e. The molecule has 3 N–H and O–H groups in total. The SMILES string of the molecule is Cl.NCCC(=O)NCC1CCCCN1C(=O)CCCSc1ccc(Cl)cc1. The van der Waals surface area contributed by atoms with E-state index in [-0.39, 0.29) is 30.3 Å². The Hall–Kier alpha value is -0.950. The first-order valence-corrected chi connectivity index (χ1v) is 10.6. The van der Waals surface area contributed by atoms with Crippen LogP contribution in [0.25, 0.3) is 0 Å². The summed E-state index contributed by atoms with van der Waals surface area (Å²) in [6.45, 7) is 1.68. The molecule has 0 radical (unpaired) electrons. The molecule has 1 saturated heterocycles. The highest BCUT2D eigenvalue weighted by atomic mass is 35.5. The summed E-state index contributed by atoms with van der Waals surface area (Å²) in [5, 5.41) is 3.64. The van der Waals surface area contributed by atoms with E-state index < -0.39 is 0 Å². The average Bonchev–Trinajstić information content (AvgIpc) is 2.65. The van der Waals surface area contributed by atoms with Gasteiger partial charge in [-0.1, -0.05) is 11.6 Å². The molecule has 1 atom stereocenters. The Bertz CT molecular complexity index is 587. The number of piperidine rings is 1. The number of hydrogen-bond donors (Lipinski definition) is 2. The van der Waals surface area contributed by atoms with Crippen molar-refractivity contribution < 1.29 is 9.59 Å². The van der Waals surface area contributed by atoms with Gasteiger partial charge >= 0.3 is 0 Å². The molecule has 1 aromatic carbocycles. The molecule has 1 unspecified atom stereocenters. The van der Waals surface area contributed by atoms with Crippen LogP contribution in [0.15, 0.2) is 29.2 Å². The second-order valence-electron chi connectivity index (χ2n) is 6.49. The summed E-state index contributed by atoms with van der Waals surface area (Å²) < 4.78 is 0. The predicted molar refractivity (Wildman–Crippen MR) is 115 cm³/mol. The first-order valence-electron chi connectivity index (χ1n) is 9.24. The maximum Gasteiger partial charge on any atom is 0.222 e. The van der Waals surface area contributed by atoms with E-state index >= 15 is 0 Å². The molecule has 5 nitrogen and oxygen atoms in total. The molecule has 2 amide bonds. The third-order valence-electron chi connectivity index (χ3n) is 4.47. The molecular weight excluding hydrogens is 405 g/mol. The summed E-state index contributed by atoms with van der Waals surface area (Å²) in [7, 11) is 0. The van der Waals surface area contributed by atoms with Gasteiger partial charge in [-0.05, 0) is 55.7 Å². The van der Waals surface area contributed by atoms with Crippen LogP contribution in [0.2, 0.25) is 5.02 Å². The van der Waals surface area contributed by atoms with Crippen LogP contribution in [0.4, 0.5) is 0 Å². The molecule has 152 valence electrons. The van der Waals surface area contributed by atoms with Gasteiger partial charge in [-0.15, -0.1) is 24.2 Å². The summed E-state index contributed by atoms with van der Waals surface area (Å²) in [5.74, 6) is 1.06. The Labute approximate surface area is 177 Å². The van der Waals surface area contributed by atoms with Crippen molar-refractivity contribution in [1.82, 2.24) is 10.2 Å². The highest BCUT2D eigenvalue weighted by Crippen LogP contribution is 2.22. The fourth-order valence-corrected chi connectivity index (χ4v) is 4.06. The lowest BCUT2D eigenvalue weighted by Crippen LogP contribution is -2.49. The van der Waals surface area contributed by atoms with Gasteiger partial charge in [0.05, 0.1) is 0 Å². The van der Waals surface area contributed by atoms with Gasteiger partial charge in [0.15, 0.2) is 0 Å². The van der Waals surface area contributed by atoms with Crippen molar-refractivity contribution >= 4 is 47.6 Å². The number of nitrogens with zero attached hydrogens (tertiary/aromatic N) is 1. The third-order valence-corrected chi connectivity index (χ3v) is 5.82. The van der Waals surface area contributed by atoms with Crippen molar-refractivity contribution in [1.29, 1.82) is 0 Å². The molecule has 27 heavy (non-hydrogen) atoms. The van der Waals surface area contributed by atoms with Crippen LogP contribution in [0, 0.1) is 0 Å². The molecule has 1 aromatic rings. The van der Waals surface area contributed by atoms with Gasteiger partial charge in [-0.25, -0.2) is 0 Å². The van der Waals surface area contributed by atoms with E-state index in [4.69, 9.17) is 17.3 Å². The summed E-state index contributed by atoms with van der Waals surface area (Å²) in [6.07, 6.45) is 4.83. The number of carbonyl (C=O) groups is 2. The van der Waals surface area contributed by atoms with Gasteiger partial charge in [0.1, 0.15) is 0 Å². The third kappa shape index (κ3) is 8.73. The topological polar surface area (TPSA) is 75.4 Å². The molecule has 1 aliphatic rings. The van der Waals surface area contributed by atoms with Gasteiger partial charge in [-0.2, -0.15) is 0 Å². The van der Waals surface area contributed by atoms with Crippen molar-refractivity contribution in [2.24, 2.45) is 5.73 Å². The number of benzene rings is 1. The summed E-state index contributed by atoms with van der Waals surface area (Å²) in [5.41, 5.74) is 5.40. The monoisotopic (exact) mass is 433 g/mol. The van der Waals surface area contributed by atoms with E-state index in [0.29, 0.717) is 25.9 Å². The zero-order valence-electron chi connectivity index (χ0n) is 15.5. The van der Waals surface area contributed by atoms with Gasteiger partial charge in [0.2, 0.25) is 11.8 Å². The van der Waals surface area contributed by atoms with E-state index in [2.05, 4.69) is 5.32 Å². The molecule has 0 bridgehead atoms. The standard InChI is InChI=1S/C19H28ClN3O2S.ClH/c20-15-6-8-17(9-7-15)26-13-3-5-19(25)23-12-2-1-4-16(23)14-22-18(24)10-11-21;/h6-9,16H,1-5,10-14,21H2,(H,22,24);1H. The summed E-state index contributed by atoms with van der Waals surface area (Å²) in [6, 6.07) is 7.87. The molecule has 1 aliphatic heterocycles. The number of hydrogen-bond acceptors (Lipinski definition) is 4. The maximum atomic E-state index is 12.6. The highest BCUT2D eigenvalue weighted by molar-refractivity contribution is 7.99. The van der Waals surface area contributed by atoms with Crippen LogP contribution in [-0.4, -0.2) is 48.1 Å². The number of rotatable bonds is 9. The smallest absolute Gasteiger partial charge is 0.222 e. The number of nitrogens with two attached hydrogens (primary N) is 1. The number of likely N-dealkylation sites (tertiary alicyclic amines) is 1. The second kappa shape index (κ2) is 13.3. The Kier molecular flexibility index (Phi) is 11.8. The quantitative estimate of drug-likeness (QED) is 0.461. The molecular formula is C19H29Cl2N3O2S. The van der Waals surface area contributed by atoms with Crippen molar-refractivity contribution in [2.45, 2.75) is 49.5 Å². The molecule has 0 aromatic heterocycles. The average molecular weight is 434 g/mol. The van der Waals surface area contributed by atoms with E-state index in [1.807, 2.05) is 29.2 Å². The zero-order valence-corrected chi connectivity index (χ0v) is 17.9. The van der Waals surface area contributed by atoms with Gasteiger partial charge in [0.25, 0.3) is 0 Å². The van der Waals surface area contributed by atoms with Crippen LogP contribution in [0.3, 0.4) is 0 Å². The molecule has 2 rings (SSSR count). The Balaban J connectivity index is 0.00000364. The highest BCUT2D eigenvalue weighted by Gasteiger charge is 2.26. The van der Waals surface area contributed by atoms with E-state index in [1.165, 1.54) is 4.90 Å². The Morgan fingerprint density at radius 2 is 1.96 bits per heavy atom. The van der Waals surface area contributed by atoms with E-state index in [0.717, 1.165) is 43.0 Å². The van der Waals surface area contributed by atoms with Crippen LogP contribution in [0.1, 0.15) is 38.5 Å². The fourth-order valence-electron chi connectivity index (χ4n) is 3.08. The first-order chi connectivity index (χ1) is 12.6. The normalized spacial score (nSPS) is 16.5. The Morgan fingerprint density at radius 3 is 2.67 bits per heavy atom. The van der Waals surface area contributed by atoms with Gasteiger partial charge < -0.3 is 16.0 Å². The predicted octanol–water partition coefficient (Wildman–Crippen LogP) is 3.48. The van der Waals surface area contributed by atoms with Crippen molar-refractivity contribution in [3.63, 3.8) is 0 Å². The number of amides is 2. The minimum atomic E-state index is -0.0372. The minimum absolute atomic E-state index is 0.